The van der Waals surface area contributed by atoms with E-state index in [0.29, 0.717) is 5.82 Å². The zero-order chi connectivity index (χ0) is 20.8. The number of aromatic nitrogens is 2. The number of hydrogen-bond donors (Lipinski definition) is 0. The number of imide groups is 1. The summed E-state index contributed by atoms with van der Waals surface area (Å²) in [5.74, 6) is -0.793. The summed E-state index contributed by atoms with van der Waals surface area (Å²) in [6.07, 6.45) is 0. The third kappa shape index (κ3) is 2.93. The van der Waals surface area contributed by atoms with E-state index in [1.54, 1.807) is 0 Å². The number of rotatable bonds is 4. The Balaban J connectivity index is 1.36. The van der Waals surface area contributed by atoms with Crippen LogP contribution in [0.1, 0.15) is 11.5 Å². The second kappa shape index (κ2) is 6.83. The molecule has 0 unspecified atom stereocenters. The van der Waals surface area contributed by atoms with Gasteiger partial charge >= 0.3 is 0 Å². The van der Waals surface area contributed by atoms with Crippen LogP contribution in [0.4, 0.5) is 10.1 Å². The lowest BCUT2D eigenvalue weighted by molar-refractivity contribution is -0.123. The van der Waals surface area contributed by atoms with Gasteiger partial charge in [0.05, 0.1) is 5.69 Å². The number of halogens is 1. The number of carbonyl (C=O) groups is 2. The van der Waals surface area contributed by atoms with E-state index in [4.69, 9.17) is 4.52 Å². The maximum absolute atomic E-state index is 13.2. The Morgan fingerprint density at radius 1 is 1.03 bits per heavy atom. The van der Waals surface area contributed by atoms with Gasteiger partial charge in [0, 0.05) is 5.56 Å². The molecule has 1 fully saturated rings. The number of carbonyl (C=O) groups excluding carboxylic acids is 2. The van der Waals surface area contributed by atoms with Gasteiger partial charge in [-0.1, -0.05) is 40.2 Å². The van der Waals surface area contributed by atoms with Crippen molar-refractivity contribution in [3.63, 3.8) is 0 Å². The first-order chi connectivity index (χ1) is 14.5. The van der Waals surface area contributed by atoms with Crippen LogP contribution in [0, 0.1) is 12.7 Å². The van der Waals surface area contributed by atoms with Crippen LogP contribution in [0.5, 0.6) is 0 Å². The molecule has 1 saturated heterocycles. The van der Waals surface area contributed by atoms with Gasteiger partial charge in [-0.25, -0.2) is 9.29 Å². The summed E-state index contributed by atoms with van der Waals surface area (Å²) in [4.78, 5) is 31.0. The highest BCUT2D eigenvalue weighted by atomic mass is 19.1. The van der Waals surface area contributed by atoms with Crippen LogP contribution in [0.3, 0.4) is 0 Å². The number of hydrogen-bond acceptors (Lipinski definition) is 8. The van der Waals surface area contributed by atoms with Gasteiger partial charge in [0.25, 0.3) is 11.8 Å². The van der Waals surface area contributed by atoms with E-state index in [9.17, 15) is 14.0 Å². The predicted molar refractivity (Wildman–Crippen MR) is 101 cm³/mol. The molecule has 0 radical (unpaired) electrons. The molecule has 0 bridgehead atoms. The summed E-state index contributed by atoms with van der Waals surface area (Å²) in [6.45, 7) is 2.01. The average molecular weight is 406 g/mol. The molecule has 2 aliphatic heterocycles. The van der Waals surface area contributed by atoms with Gasteiger partial charge in [0.1, 0.15) is 12.4 Å². The Bertz CT molecular complexity index is 1160. The van der Waals surface area contributed by atoms with Gasteiger partial charge < -0.3 is 4.52 Å². The zero-order valence-corrected chi connectivity index (χ0v) is 15.8. The van der Waals surface area contributed by atoms with E-state index < -0.39 is 29.7 Å². The molecule has 2 aliphatic rings. The first kappa shape index (κ1) is 18.1. The lowest BCUT2D eigenvalue weighted by Gasteiger charge is -2.19. The van der Waals surface area contributed by atoms with Crippen LogP contribution in [-0.2, 0) is 16.1 Å². The summed E-state index contributed by atoms with van der Waals surface area (Å²) in [6, 6.07) is 10.9. The van der Waals surface area contributed by atoms with E-state index in [-0.39, 0.29) is 18.1 Å². The SMILES string of the molecule is Cc1ccc(-c2noc(CN3N=N[C@@H]4C(=O)N(c5ccc(F)cc5)C(=O)[C@H]43)n2)cc1. The fraction of sp³-hybridized carbons (Fsp3) is 0.200. The Morgan fingerprint density at radius 3 is 2.50 bits per heavy atom. The van der Waals surface area contributed by atoms with Crippen molar-refractivity contribution in [1.82, 2.24) is 15.1 Å². The molecule has 3 aromatic rings. The number of aryl methyl sites for hydroxylation is 1. The summed E-state index contributed by atoms with van der Waals surface area (Å²) < 4.78 is 18.5. The topological polar surface area (TPSA) is 104 Å². The Morgan fingerprint density at radius 2 is 1.77 bits per heavy atom. The maximum atomic E-state index is 13.2. The molecule has 0 saturated carbocycles. The van der Waals surface area contributed by atoms with Crippen LogP contribution in [0.25, 0.3) is 11.4 Å². The fourth-order valence-electron chi connectivity index (χ4n) is 3.48. The van der Waals surface area contributed by atoms with E-state index in [0.717, 1.165) is 16.0 Å². The van der Waals surface area contributed by atoms with Crippen molar-refractivity contribution >= 4 is 17.5 Å². The summed E-state index contributed by atoms with van der Waals surface area (Å²) >= 11 is 0. The number of nitrogens with zero attached hydrogens (tertiary/aromatic N) is 6. The molecule has 2 atom stereocenters. The first-order valence-corrected chi connectivity index (χ1v) is 9.22. The minimum absolute atomic E-state index is 0.0276. The molecule has 30 heavy (non-hydrogen) atoms. The normalized spacial score (nSPS) is 20.3. The van der Waals surface area contributed by atoms with Crippen molar-refractivity contribution in [3.05, 3.63) is 65.8 Å². The fourth-order valence-corrected chi connectivity index (χ4v) is 3.48. The molecule has 1 aromatic heterocycles. The summed E-state index contributed by atoms with van der Waals surface area (Å²) in [5.41, 5.74) is 2.20. The number of anilines is 1. The van der Waals surface area contributed by atoms with Crippen molar-refractivity contribution in [1.29, 1.82) is 0 Å². The van der Waals surface area contributed by atoms with Crippen LogP contribution in [0.15, 0.2) is 63.4 Å². The first-order valence-electron chi connectivity index (χ1n) is 9.22. The van der Waals surface area contributed by atoms with Gasteiger partial charge in [-0.3, -0.25) is 14.6 Å². The van der Waals surface area contributed by atoms with Gasteiger partial charge in [0.15, 0.2) is 12.1 Å². The second-order valence-electron chi connectivity index (χ2n) is 7.06. The minimum atomic E-state index is -0.956. The maximum Gasteiger partial charge on any atom is 0.263 e. The van der Waals surface area contributed by atoms with Crippen LogP contribution in [0.2, 0.25) is 0 Å². The minimum Gasteiger partial charge on any atom is -0.337 e. The third-order valence-corrected chi connectivity index (χ3v) is 5.02. The molecule has 0 spiro atoms. The average Bonchev–Trinajstić information content (AvgIpc) is 3.43. The number of amides is 2. The molecule has 150 valence electrons. The standard InChI is InChI=1S/C20H15FN6O3/c1-11-2-4-12(5-3-11)18-22-15(30-24-18)10-26-17-16(23-25-26)19(28)27(20(17)29)14-8-6-13(21)7-9-14/h2-9,16-17H,10H2,1H3/t16-,17-/m0/s1. The Kier molecular flexibility index (Phi) is 4.12. The molecule has 2 amide bonds. The third-order valence-electron chi connectivity index (χ3n) is 5.02. The molecule has 5 rings (SSSR count). The van der Waals surface area contributed by atoms with E-state index in [1.807, 2.05) is 31.2 Å². The Labute approximate surface area is 169 Å². The van der Waals surface area contributed by atoms with Crippen LogP contribution in [-0.4, -0.2) is 39.0 Å². The van der Waals surface area contributed by atoms with E-state index in [1.165, 1.54) is 29.3 Å². The highest BCUT2D eigenvalue weighted by Gasteiger charge is 2.55. The van der Waals surface area contributed by atoms with Crippen molar-refractivity contribution < 1.29 is 18.5 Å². The number of benzene rings is 2. The van der Waals surface area contributed by atoms with Crippen LogP contribution < -0.4 is 4.90 Å². The molecule has 3 heterocycles. The monoisotopic (exact) mass is 406 g/mol. The zero-order valence-electron chi connectivity index (χ0n) is 15.8. The molecular weight excluding hydrogens is 391 g/mol. The molecule has 9 nitrogen and oxygen atoms in total. The van der Waals surface area contributed by atoms with Crippen molar-refractivity contribution in [3.8, 4) is 11.4 Å². The highest BCUT2D eigenvalue weighted by Crippen LogP contribution is 2.32. The smallest absolute Gasteiger partial charge is 0.263 e. The lowest BCUT2D eigenvalue weighted by Crippen LogP contribution is -2.39. The summed E-state index contributed by atoms with van der Waals surface area (Å²) in [7, 11) is 0. The molecule has 10 heteroatoms. The quantitative estimate of drug-likeness (QED) is 0.617. The summed E-state index contributed by atoms with van der Waals surface area (Å²) in [5, 5.41) is 13.2. The van der Waals surface area contributed by atoms with Crippen LogP contribution >= 0.6 is 0 Å². The van der Waals surface area contributed by atoms with Gasteiger partial charge in [-0.05, 0) is 31.2 Å². The molecular formula is C20H15FN6O3. The van der Waals surface area contributed by atoms with Gasteiger partial charge in [-0.15, -0.1) is 0 Å². The highest BCUT2D eigenvalue weighted by molar-refractivity contribution is 6.25. The molecule has 0 aliphatic carbocycles. The largest absolute Gasteiger partial charge is 0.337 e. The number of fused-ring (bicyclic) bond motifs is 1. The molecule has 0 N–H and O–H groups in total. The van der Waals surface area contributed by atoms with Gasteiger partial charge in [-0.2, -0.15) is 10.1 Å². The lowest BCUT2D eigenvalue weighted by atomic mass is 10.1. The van der Waals surface area contributed by atoms with E-state index >= 15 is 0 Å². The van der Waals surface area contributed by atoms with Crippen molar-refractivity contribution in [2.45, 2.75) is 25.6 Å². The molecule has 2 aromatic carbocycles. The predicted octanol–water partition coefficient (Wildman–Crippen LogP) is 2.68. The van der Waals surface area contributed by atoms with E-state index in [2.05, 4.69) is 20.5 Å². The second-order valence-corrected chi connectivity index (χ2v) is 7.06. The van der Waals surface area contributed by atoms with Crippen molar-refractivity contribution in [2.75, 3.05) is 4.90 Å². The van der Waals surface area contributed by atoms with Crippen molar-refractivity contribution in [2.24, 2.45) is 10.3 Å². The van der Waals surface area contributed by atoms with Gasteiger partial charge in [0.2, 0.25) is 11.7 Å². The Hall–Kier alpha value is -3.95.